The van der Waals surface area contributed by atoms with Crippen molar-refractivity contribution >= 4 is 5.91 Å². The van der Waals surface area contributed by atoms with Gasteiger partial charge in [-0.15, -0.1) is 0 Å². The Balaban J connectivity index is 1.43. The van der Waals surface area contributed by atoms with Gasteiger partial charge in [0.25, 0.3) is 0 Å². The number of hydrogen-bond donors (Lipinski definition) is 1. The lowest BCUT2D eigenvalue weighted by Crippen LogP contribution is -2.43. The van der Waals surface area contributed by atoms with Crippen molar-refractivity contribution in [3.8, 4) is 0 Å². The largest absolute Gasteiger partial charge is 0.356 e. The summed E-state index contributed by atoms with van der Waals surface area (Å²) >= 11 is 0. The highest BCUT2D eigenvalue weighted by Crippen LogP contribution is 2.43. The summed E-state index contributed by atoms with van der Waals surface area (Å²) in [7, 11) is 0. The maximum absolute atomic E-state index is 11.7. The van der Waals surface area contributed by atoms with Crippen LogP contribution in [-0.2, 0) is 4.79 Å². The minimum atomic E-state index is 0.102. The molecule has 3 aliphatic rings. The first-order valence-corrected chi connectivity index (χ1v) is 8.80. The van der Waals surface area contributed by atoms with Gasteiger partial charge in [0.05, 0.1) is 0 Å². The summed E-state index contributed by atoms with van der Waals surface area (Å²) in [4.78, 5) is 14.4. The number of amides is 1. The summed E-state index contributed by atoms with van der Waals surface area (Å²) in [6, 6.07) is 0. The zero-order valence-electron chi connectivity index (χ0n) is 13.6. The summed E-state index contributed by atoms with van der Waals surface area (Å²) in [5.41, 5.74) is 0. The number of nitrogens with one attached hydrogen (secondary N) is 1. The number of allylic oxidation sites excluding steroid dienone is 2. The average Bonchev–Trinajstić information content (AvgIpc) is 3.07. The molecule has 0 spiro atoms. The van der Waals surface area contributed by atoms with Gasteiger partial charge >= 0.3 is 0 Å². The van der Waals surface area contributed by atoms with Crippen molar-refractivity contribution in [1.82, 2.24) is 10.2 Å². The van der Waals surface area contributed by atoms with Crippen LogP contribution in [0.1, 0.15) is 39.5 Å². The molecule has 0 radical (unpaired) electrons. The van der Waals surface area contributed by atoms with Gasteiger partial charge in [-0.25, -0.2) is 0 Å². The lowest BCUT2D eigenvalue weighted by molar-refractivity contribution is -0.124. The summed E-state index contributed by atoms with van der Waals surface area (Å²) < 4.78 is 0. The molecule has 1 saturated carbocycles. The van der Waals surface area contributed by atoms with Gasteiger partial charge in [-0.1, -0.05) is 26.0 Å². The van der Waals surface area contributed by atoms with E-state index in [9.17, 15) is 4.79 Å². The van der Waals surface area contributed by atoms with E-state index >= 15 is 0 Å². The summed E-state index contributed by atoms with van der Waals surface area (Å²) in [5.74, 6) is 3.58. The molecule has 1 saturated heterocycles. The highest BCUT2D eigenvalue weighted by molar-refractivity contribution is 5.77. The zero-order chi connectivity index (χ0) is 14.8. The molecule has 1 amide bonds. The first kappa shape index (κ1) is 15.1. The van der Waals surface area contributed by atoms with E-state index in [2.05, 4.69) is 22.4 Å². The summed E-state index contributed by atoms with van der Waals surface area (Å²) in [6.07, 6.45) is 10.3. The second-order valence-corrected chi connectivity index (χ2v) is 7.71. The molecule has 118 valence electrons. The molecule has 2 bridgehead atoms. The van der Waals surface area contributed by atoms with Crippen LogP contribution >= 0.6 is 0 Å². The molecule has 3 heteroatoms. The number of nitrogens with zero attached hydrogens (tertiary/aromatic N) is 1. The van der Waals surface area contributed by atoms with E-state index in [4.69, 9.17) is 0 Å². The van der Waals surface area contributed by atoms with E-state index in [1.54, 1.807) is 0 Å². The quantitative estimate of drug-likeness (QED) is 0.790. The molecule has 1 heterocycles. The van der Waals surface area contributed by atoms with Crippen LogP contribution in [0.4, 0.5) is 0 Å². The number of likely N-dealkylation sites (tertiary alicyclic amines) is 1. The fraction of sp³-hybridized carbons (Fsp3) is 0.833. The van der Waals surface area contributed by atoms with Gasteiger partial charge in [-0.2, -0.15) is 0 Å². The van der Waals surface area contributed by atoms with E-state index in [1.165, 1.54) is 45.3 Å². The smallest absolute Gasteiger partial charge is 0.222 e. The highest BCUT2D eigenvalue weighted by atomic mass is 16.1. The van der Waals surface area contributed by atoms with Crippen molar-refractivity contribution in [2.75, 3.05) is 26.2 Å². The van der Waals surface area contributed by atoms with Gasteiger partial charge in [0.15, 0.2) is 0 Å². The number of carbonyl (C=O) groups is 1. The maximum atomic E-state index is 11.7. The third kappa shape index (κ3) is 3.68. The Morgan fingerprint density at radius 3 is 2.86 bits per heavy atom. The Labute approximate surface area is 129 Å². The molecular formula is C18H30N2O. The highest BCUT2D eigenvalue weighted by Gasteiger charge is 2.36. The van der Waals surface area contributed by atoms with Crippen LogP contribution in [0.3, 0.4) is 0 Å². The third-order valence-corrected chi connectivity index (χ3v) is 5.60. The van der Waals surface area contributed by atoms with Crippen molar-refractivity contribution in [2.24, 2.45) is 29.6 Å². The normalized spacial score (nSPS) is 35.6. The Bertz CT molecular complexity index is 404. The van der Waals surface area contributed by atoms with Crippen LogP contribution < -0.4 is 5.32 Å². The van der Waals surface area contributed by atoms with Gasteiger partial charge in [-0.05, 0) is 55.9 Å². The van der Waals surface area contributed by atoms with Gasteiger partial charge in [0.1, 0.15) is 0 Å². The molecular weight excluding hydrogens is 260 g/mol. The molecule has 21 heavy (non-hydrogen) atoms. The first-order valence-electron chi connectivity index (χ1n) is 8.80. The molecule has 1 N–H and O–H groups in total. The van der Waals surface area contributed by atoms with Crippen LogP contribution in [0.15, 0.2) is 12.2 Å². The number of hydrogen-bond acceptors (Lipinski definition) is 2. The molecule has 2 aliphatic carbocycles. The van der Waals surface area contributed by atoms with Crippen LogP contribution in [-0.4, -0.2) is 37.0 Å². The Hall–Kier alpha value is -0.830. The summed E-state index contributed by atoms with van der Waals surface area (Å²) in [6.45, 7) is 8.50. The molecule has 1 aliphatic heterocycles. The topological polar surface area (TPSA) is 32.3 Å². The summed E-state index contributed by atoms with van der Waals surface area (Å²) in [5, 5.41) is 3.12. The number of carbonyl (C=O) groups excluding carboxylic acids is 1. The zero-order valence-corrected chi connectivity index (χ0v) is 13.6. The molecule has 3 rings (SSSR count). The number of rotatable bonds is 5. The van der Waals surface area contributed by atoms with Crippen LogP contribution in [0.5, 0.6) is 0 Å². The van der Waals surface area contributed by atoms with Crippen LogP contribution in [0, 0.1) is 29.6 Å². The van der Waals surface area contributed by atoms with Gasteiger partial charge in [-0.3, -0.25) is 4.79 Å². The van der Waals surface area contributed by atoms with Gasteiger partial charge in [0, 0.05) is 25.6 Å². The second kappa shape index (κ2) is 6.51. The van der Waals surface area contributed by atoms with E-state index in [-0.39, 0.29) is 11.8 Å². The molecule has 0 unspecified atom stereocenters. The second-order valence-electron chi connectivity index (χ2n) is 7.71. The molecule has 4 atom stereocenters. The van der Waals surface area contributed by atoms with Crippen molar-refractivity contribution in [3.63, 3.8) is 0 Å². The Kier molecular flexibility index (Phi) is 4.68. The van der Waals surface area contributed by atoms with Gasteiger partial charge < -0.3 is 10.2 Å². The van der Waals surface area contributed by atoms with Gasteiger partial charge in [0.2, 0.25) is 5.91 Å². The van der Waals surface area contributed by atoms with Crippen LogP contribution in [0.2, 0.25) is 0 Å². The molecule has 3 nitrogen and oxygen atoms in total. The predicted octanol–water partition coefficient (Wildman–Crippen LogP) is 2.68. The van der Waals surface area contributed by atoms with Crippen molar-refractivity contribution in [2.45, 2.75) is 39.5 Å². The fourth-order valence-electron chi connectivity index (χ4n) is 4.37. The Morgan fingerprint density at radius 2 is 2.19 bits per heavy atom. The fourth-order valence-corrected chi connectivity index (χ4v) is 4.37. The molecule has 0 aromatic rings. The SMILES string of the molecule is CC(C)C(=O)NC[C@H]1CCCN(C[C@H]2C[C@H]3C=C[C@H]2C3)C1. The minimum Gasteiger partial charge on any atom is -0.356 e. The Morgan fingerprint density at radius 1 is 1.33 bits per heavy atom. The lowest BCUT2D eigenvalue weighted by atomic mass is 9.91. The minimum absolute atomic E-state index is 0.102. The van der Waals surface area contributed by atoms with Crippen LogP contribution in [0.25, 0.3) is 0 Å². The molecule has 0 aromatic heterocycles. The lowest BCUT2D eigenvalue weighted by Gasteiger charge is -2.35. The third-order valence-electron chi connectivity index (χ3n) is 5.60. The molecule has 0 aromatic carbocycles. The van der Waals surface area contributed by atoms with Crippen molar-refractivity contribution in [3.05, 3.63) is 12.2 Å². The van der Waals surface area contributed by atoms with E-state index in [0.717, 1.165) is 24.3 Å². The van der Waals surface area contributed by atoms with E-state index < -0.39 is 0 Å². The number of piperidine rings is 1. The molecule has 2 fully saturated rings. The van der Waals surface area contributed by atoms with Crippen molar-refractivity contribution in [1.29, 1.82) is 0 Å². The maximum Gasteiger partial charge on any atom is 0.222 e. The average molecular weight is 290 g/mol. The number of fused-ring (bicyclic) bond motifs is 2. The van der Waals surface area contributed by atoms with E-state index in [1.807, 2.05) is 13.8 Å². The first-order chi connectivity index (χ1) is 10.1. The monoisotopic (exact) mass is 290 g/mol. The standard InChI is InChI=1S/C18H30N2O/c1-13(2)18(21)19-10-15-4-3-7-20(11-15)12-17-9-14-5-6-16(17)8-14/h5-6,13-17H,3-4,7-12H2,1-2H3,(H,19,21)/t14-,15+,16-,17+/m0/s1. The van der Waals surface area contributed by atoms with E-state index in [0.29, 0.717) is 5.92 Å². The van der Waals surface area contributed by atoms with Crippen molar-refractivity contribution < 1.29 is 4.79 Å². The predicted molar refractivity (Wildman–Crippen MR) is 85.9 cm³/mol.